The number of aromatic nitrogens is 1. The molecule has 0 spiro atoms. The minimum absolute atomic E-state index is 0.493. The van der Waals surface area contributed by atoms with E-state index in [0.29, 0.717) is 0 Å². The van der Waals surface area contributed by atoms with Crippen LogP contribution in [0, 0.1) is 35.6 Å². The van der Waals surface area contributed by atoms with E-state index in [9.17, 15) is 18.9 Å². The number of nitrogens with one attached hydrogen (secondary N) is 1. The van der Waals surface area contributed by atoms with Gasteiger partial charge in [-0.1, -0.05) is 0 Å². The van der Waals surface area contributed by atoms with Crippen LogP contribution in [0.2, 0.25) is 0 Å². The summed E-state index contributed by atoms with van der Waals surface area (Å²) in [5, 5.41) is 10.9. The number of hydrogen-bond acceptors (Lipinski definition) is 3. The summed E-state index contributed by atoms with van der Waals surface area (Å²) in [6, 6.07) is 5.17. The summed E-state index contributed by atoms with van der Waals surface area (Å²) < 4.78 is 28.4. The minimum atomic E-state index is -1.28. The highest BCUT2D eigenvalue weighted by Crippen LogP contribution is 2.29. The van der Waals surface area contributed by atoms with Crippen molar-refractivity contribution in [2.75, 3.05) is 5.43 Å². The molecule has 0 atom stereocenters. The third kappa shape index (κ3) is 2.26. The molecular formula is C12H11F2N3O2. The highest BCUT2D eigenvalue weighted by atomic mass is 19.2. The van der Waals surface area contributed by atoms with Crippen LogP contribution >= 0.6 is 0 Å². The normalized spacial score (nSPS) is 10.5. The van der Waals surface area contributed by atoms with Crippen LogP contribution in [0.3, 0.4) is 0 Å². The van der Waals surface area contributed by atoms with Crippen LogP contribution in [0.4, 0.5) is 20.2 Å². The Morgan fingerprint density at radius 3 is 2.26 bits per heavy atom. The fraction of sp³-hybridized carbons (Fsp3) is 0.167. The highest BCUT2D eigenvalue weighted by molar-refractivity contribution is 5.62. The molecule has 7 heteroatoms. The Bertz CT molecular complexity index is 633. The first-order valence-electron chi connectivity index (χ1n) is 5.46. The van der Waals surface area contributed by atoms with Gasteiger partial charge in [0.2, 0.25) is 0 Å². The molecule has 0 amide bonds. The Hall–Kier alpha value is -2.44. The highest BCUT2D eigenvalue weighted by Gasteiger charge is 2.22. The third-order valence-corrected chi connectivity index (χ3v) is 2.76. The number of hydrogen-bond donors (Lipinski definition) is 1. The van der Waals surface area contributed by atoms with Crippen molar-refractivity contribution in [2.24, 2.45) is 0 Å². The van der Waals surface area contributed by atoms with Crippen molar-refractivity contribution >= 4 is 11.4 Å². The quantitative estimate of drug-likeness (QED) is 0.686. The fourth-order valence-electron chi connectivity index (χ4n) is 1.76. The largest absolute Gasteiger partial charge is 0.297 e. The molecule has 0 aliphatic heterocycles. The molecule has 1 N–H and O–H groups in total. The molecule has 2 aromatic rings. The fourth-order valence-corrected chi connectivity index (χ4v) is 1.76. The number of rotatable bonds is 3. The molecule has 100 valence electrons. The molecule has 0 saturated carbocycles. The van der Waals surface area contributed by atoms with E-state index in [1.165, 1.54) is 4.68 Å². The van der Waals surface area contributed by atoms with Crippen molar-refractivity contribution in [1.29, 1.82) is 0 Å². The summed E-state index contributed by atoms with van der Waals surface area (Å²) in [6.45, 7) is 3.48. The Balaban J connectivity index is 2.56. The van der Waals surface area contributed by atoms with E-state index in [0.717, 1.165) is 23.5 Å². The maximum atomic E-state index is 13.7. The second-order valence-corrected chi connectivity index (χ2v) is 4.08. The molecule has 0 radical (unpaired) electrons. The molecule has 0 fully saturated rings. The molecule has 0 bridgehead atoms. The SMILES string of the molecule is Cc1ccc(C)n1Nc1c([N+](=O)[O-])ccc(F)c1F. The van der Waals surface area contributed by atoms with Gasteiger partial charge in [-0.25, -0.2) is 8.78 Å². The predicted octanol–water partition coefficient (Wildman–Crippen LogP) is 3.17. The molecule has 1 heterocycles. The first kappa shape index (κ1) is 13.0. The van der Waals surface area contributed by atoms with E-state index in [2.05, 4.69) is 5.43 Å². The van der Waals surface area contributed by atoms with E-state index >= 15 is 0 Å². The van der Waals surface area contributed by atoms with Gasteiger partial charge >= 0.3 is 0 Å². The monoisotopic (exact) mass is 267 g/mol. The molecule has 0 saturated heterocycles. The zero-order valence-electron chi connectivity index (χ0n) is 10.3. The average molecular weight is 267 g/mol. The van der Waals surface area contributed by atoms with E-state index in [4.69, 9.17) is 0 Å². The molecule has 0 aliphatic rings. The van der Waals surface area contributed by atoms with Crippen LogP contribution in [0.5, 0.6) is 0 Å². The molecule has 2 rings (SSSR count). The smallest absolute Gasteiger partial charge is 0.285 e. The Labute approximate surface area is 107 Å². The van der Waals surface area contributed by atoms with E-state index < -0.39 is 27.9 Å². The lowest BCUT2D eigenvalue weighted by Gasteiger charge is -2.13. The Kier molecular flexibility index (Phi) is 3.20. The number of anilines is 1. The molecular weight excluding hydrogens is 256 g/mol. The second kappa shape index (κ2) is 4.68. The van der Waals surface area contributed by atoms with Crippen LogP contribution in [0.1, 0.15) is 11.4 Å². The molecule has 1 aromatic carbocycles. The number of benzene rings is 1. The van der Waals surface area contributed by atoms with Gasteiger partial charge in [-0.05, 0) is 32.0 Å². The van der Waals surface area contributed by atoms with Gasteiger partial charge in [-0.2, -0.15) is 0 Å². The lowest BCUT2D eigenvalue weighted by molar-refractivity contribution is -0.384. The Morgan fingerprint density at radius 1 is 1.16 bits per heavy atom. The number of aryl methyl sites for hydroxylation is 2. The van der Waals surface area contributed by atoms with Crippen LogP contribution < -0.4 is 5.43 Å². The van der Waals surface area contributed by atoms with Crippen molar-refractivity contribution in [2.45, 2.75) is 13.8 Å². The van der Waals surface area contributed by atoms with Gasteiger partial charge in [-0.15, -0.1) is 0 Å². The van der Waals surface area contributed by atoms with Gasteiger partial charge in [0.1, 0.15) is 0 Å². The molecule has 19 heavy (non-hydrogen) atoms. The topological polar surface area (TPSA) is 60.1 Å². The molecule has 5 nitrogen and oxygen atoms in total. The van der Waals surface area contributed by atoms with Crippen LogP contribution in [-0.4, -0.2) is 9.60 Å². The second-order valence-electron chi connectivity index (χ2n) is 4.08. The summed E-state index contributed by atoms with van der Waals surface area (Å²) in [5.41, 5.74) is 2.96. The van der Waals surface area contributed by atoms with Gasteiger partial charge in [-0.3, -0.25) is 20.2 Å². The van der Waals surface area contributed by atoms with Crippen LogP contribution in [-0.2, 0) is 0 Å². The molecule has 1 aromatic heterocycles. The number of halogens is 2. The lowest BCUT2D eigenvalue weighted by atomic mass is 10.2. The summed E-state index contributed by atoms with van der Waals surface area (Å²) in [6.07, 6.45) is 0. The maximum absolute atomic E-state index is 13.7. The zero-order valence-corrected chi connectivity index (χ0v) is 10.3. The van der Waals surface area contributed by atoms with Crippen LogP contribution in [0.25, 0.3) is 0 Å². The standard InChI is InChI=1S/C12H11F2N3O2/c1-7-3-4-8(2)16(7)15-12-10(17(18)19)6-5-9(13)11(12)14/h3-6,15H,1-2H3. The van der Waals surface area contributed by atoms with E-state index in [1.807, 2.05) is 0 Å². The summed E-state index contributed by atoms with van der Waals surface area (Å²) in [4.78, 5) is 10.1. The summed E-state index contributed by atoms with van der Waals surface area (Å²) in [5.74, 6) is -2.42. The lowest BCUT2D eigenvalue weighted by Crippen LogP contribution is -2.15. The van der Waals surface area contributed by atoms with Crippen molar-refractivity contribution in [3.8, 4) is 0 Å². The maximum Gasteiger partial charge on any atom is 0.297 e. The van der Waals surface area contributed by atoms with Crippen LogP contribution in [0.15, 0.2) is 24.3 Å². The number of nitrogens with zero attached hydrogens (tertiary/aromatic N) is 2. The van der Waals surface area contributed by atoms with Gasteiger partial charge in [0, 0.05) is 17.5 Å². The van der Waals surface area contributed by atoms with Crippen molar-refractivity contribution < 1.29 is 13.7 Å². The van der Waals surface area contributed by atoms with Gasteiger partial charge < -0.3 is 0 Å². The summed E-state index contributed by atoms with van der Waals surface area (Å²) >= 11 is 0. The third-order valence-electron chi connectivity index (χ3n) is 2.76. The average Bonchev–Trinajstić information content (AvgIpc) is 2.66. The van der Waals surface area contributed by atoms with E-state index in [1.54, 1.807) is 26.0 Å². The van der Waals surface area contributed by atoms with Crippen molar-refractivity contribution in [3.05, 3.63) is 57.4 Å². The number of nitro benzene ring substituents is 1. The molecule has 0 aliphatic carbocycles. The number of nitro groups is 1. The zero-order chi connectivity index (χ0) is 14.2. The minimum Gasteiger partial charge on any atom is -0.285 e. The first-order chi connectivity index (χ1) is 8.91. The first-order valence-corrected chi connectivity index (χ1v) is 5.46. The van der Waals surface area contributed by atoms with Gasteiger partial charge in [0.05, 0.1) is 4.92 Å². The van der Waals surface area contributed by atoms with Gasteiger partial charge in [0.15, 0.2) is 17.3 Å². The Morgan fingerprint density at radius 2 is 1.74 bits per heavy atom. The summed E-state index contributed by atoms with van der Waals surface area (Å²) in [7, 11) is 0. The van der Waals surface area contributed by atoms with Gasteiger partial charge in [0.25, 0.3) is 5.69 Å². The van der Waals surface area contributed by atoms with E-state index in [-0.39, 0.29) is 0 Å². The molecule has 0 unspecified atom stereocenters. The van der Waals surface area contributed by atoms with Crippen molar-refractivity contribution in [3.63, 3.8) is 0 Å². The predicted molar refractivity (Wildman–Crippen MR) is 65.9 cm³/mol. The van der Waals surface area contributed by atoms with Crippen molar-refractivity contribution in [1.82, 2.24) is 4.68 Å².